The van der Waals surface area contributed by atoms with Crippen LogP contribution in [0.1, 0.15) is 41.0 Å². The Hall–Kier alpha value is -2.20. The standard InChI is InChI=1S/C16H30N4O6/c1-7(2)6-11(19-13(22)8(3)17)15(24)18-9(4)14(23)20-12(10(5)21)16(25)26/h7-12,21H,6,17H2,1-5H3,(H,18,24)(H,19,22)(H,20,23)(H,25,26). The third-order valence-corrected chi connectivity index (χ3v) is 3.55. The number of hydrogen-bond donors (Lipinski definition) is 6. The summed E-state index contributed by atoms with van der Waals surface area (Å²) in [5.74, 6) is -3.15. The number of aliphatic carboxylic acids is 1. The molecule has 0 aliphatic heterocycles. The number of nitrogens with two attached hydrogens (primary N) is 1. The van der Waals surface area contributed by atoms with Crippen LogP contribution in [0.15, 0.2) is 0 Å². The Kier molecular flexibility index (Phi) is 9.81. The van der Waals surface area contributed by atoms with Gasteiger partial charge in [-0.15, -0.1) is 0 Å². The Bertz CT molecular complexity index is 521. The molecular formula is C16H30N4O6. The molecule has 5 atom stereocenters. The van der Waals surface area contributed by atoms with Gasteiger partial charge in [-0.3, -0.25) is 14.4 Å². The van der Waals surface area contributed by atoms with E-state index in [4.69, 9.17) is 10.8 Å². The Morgan fingerprint density at radius 3 is 1.81 bits per heavy atom. The fourth-order valence-corrected chi connectivity index (χ4v) is 2.05. The van der Waals surface area contributed by atoms with Crippen molar-refractivity contribution in [3.05, 3.63) is 0 Å². The van der Waals surface area contributed by atoms with Crippen LogP contribution in [0.25, 0.3) is 0 Å². The second-order valence-corrected chi connectivity index (χ2v) is 6.77. The minimum Gasteiger partial charge on any atom is -0.480 e. The Balaban J connectivity index is 4.96. The predicted molar refractivity (Wildman–Crippen MR) is 93.9 cm³/mol. The first-order valence-electron chi connectivity index (χ1n) is 8.44. The molecule has 0 spiro atoms. The molecule has 0 fully saturated rings. The maximum absolute atomic E-state index is 12.4. The number of aliphatic hydroxyl groups excluding tert-OH is 1. The van der Waals surface area contributed by atoms with Crippen LogP contribution < -0.4 is 21.7 Å². The number of carbonyl (C=O) groups excluding carboxylic acids is 3. The largest absolute Gasteiger partial charge is 0.480 e. The third kappa shape index (κ3) is 8.26. The predicted octanol–water partition coefficient (Wildman–Crippen LogP) is -1.68. The smallest absolute Gasteiger partial charge is 0.328 e. The number of amides is 3. The Morgan fingerprint density at radius 1 is 0.885 bits per heavy atom. The molecule has 0 saturated heterocycles. The van der Waals surface area contributed by atoms with E-state index in [1.165, 1.54) is 20.8 Å². The van der Waals surface area contributed by atoms with E-state index in [0.29, 0.717) is 6.42 Å². The van der Waals surface area contributed by atoms with E-state index in [-0.39, 0.29) is 5.92 Å². The van der Waals surface area contributed by atoms with E-state index >= 15 is 0 Å². The molecule has 7 N–H and O–H groups in total. The summed E-state index contributed by atoms with van der Waals surface area (Å²) >= 11 is 0. The molecule has 10 heteroatoms. The zero-order valence-corrected chi connectivity index (χ0v) is 15.8. The topological polar surface area (TPSA) is 171 Å². The molecule has 0 aliphatic carbocycles. The van der Waals surface area contributed by atoms with E-state index in [0.717, 1.165) is 0 Å². The first kappa shape index (κ1) is 23.8. The lowest BCUT2D eigenvalue weighted by molar-refractivity contribution is -0.145. The highest BCUT2D eigenvalue weighted by Crippen LogP contribution is 2.06. The average molecular weight is 374 g/mol. The van der Waals surface area contributed by atoms with Crippen molar-refractivity contribution >= 4 is 23.7 Å². The monoisotopic (exact) mass is 374 g/mol. The van der Waals surface area contributed by atoms with Gasteiger partial charge in [0.2, 0.25) is 17.7 Å². The fourth-order valence-electron chi connectivity index (χ4n) is 2.05. The molecule has 10 nitrogen and oxygen atoms in total. The quantitative estimate of drug-likeness (QED) is 0.265. The molecule has 26 heavy (non-hydrogen) atoms. The fraction of sp³-hybridized carbons (Fsp3) is 0.750. The normalized spacial score (nSPS) is 16.8. The van der Waals surface area contributed by atoms with Crippen LogP contribution >= 0.6 is 0 Å². The summed E-state index contributed by atoms with van der Waals surface area (Å²) in [6.07, 6.45) is -0.970. The Labute approximate surface area is 152 Å². The lowest BCUT2D eigenvalue weighted by Crippen LogP contribution is -2.57. The molecular weight excluding hydrogens is 344 g/mol. The van der Waals surface area contributed by atoms with Gasteiger partial charge < -0.3 is 31.9 Å². The highest BCUT2D eigenvalue weighted by molar-refractivity contribution is 5.93. The summed E-state index contributed by atoms with van der Waals surface area (Å²) in [6.45, 7) is 7.82. The SMILES string of the molecule is CC(C)CC(NC(=O)C(C)N)C(=O)NC(C)C(=O)NC(C(=O)O)C(C)O. The molecule has 0 rings (SSSR count). The van der Waals surface area contributed by atoms with Crippen molar-refractivity contribution in [2.24, 2.45) is 11.7 Å². The third-order valence-electron chi connectivity index (χ3n) is 3.55. The van der Waals surface area contributed by atoms with E-state index in [9.17, 15) is 24.3 Å². The van der Waals surface area contributed by atoms with Crippen molar-refractivity contribution in [1.29, 1.82) is 0 Å². The van der Waals surface area contributed by atoms with Gasteiger partial charge >= 0.3 is 5.97 Å². The number of hydrogen-bond acceptors (Lipinski definition) is 6. The second kappa shape index (κ2) is 10.7. The van der Waals surface area contributed by atoms with Crippen LogP contribution in [0.5, 0.6) is 0 Å². The van der Waals surface area contributed by atoms with Gasteiger partial charge in [-0.05, 0) is 33.1 Å². The summed E-state index contributed by atoms with van der Waals surface area (Å²) in [6, 6.07) is -4.23. The number of carboxylic acid groups (broad SMARTS) is 1. The van der Waals surface area contributed by atoms with Gasteiger partial charge in [0.1, 0.15) is 12.1 Å². The van der Waals surface area contributed by atoms with Crippen LogP contribution in [0.2, 0.25) is 0 Å². The summed E-state index contributed by atoms with van der Waals surface area (Å²) in [5.41, 5.74) is 5.49. The van der Waals surface area contributed by atoms with E-state index in [1.807, 2.05) is 13.8 Å². The molecule has 0 aliphatic rings. The zero-order valence-electron chi connectivity index (χ0n) is 15.8. The van der Waals surface area contributed by atoms with Crippen LogP contribution in [-0.2, 0) is 19.2 Å². The van der Waals surface area contributed by atoms with Crippen molar-refractivity contribution in [1.82, 2.24) is 16.0 Å². The first-order chi connectivity index (χ1) is 11.9. The number of nitrogens with one attached hydrogen (secondary N) is 3. The van der Waals surface area contributed by atoms with E-state index in [1.54, 1.807) is 0 Å². The van der Waals surface area contributed by atoms with Crippen molar-refractivity contribution < 1.29 is 29.4 Å². The van der Waals surface area contributed by atoms with Crippen molar-refractivity contribution in [3.8, 4) is 0 Å². The number of rotatable bonds is 10. The zero-order chi connectivity index (χ0) is 20.6. The van der Waals surface area contributed by atoms with Crippen molar-refractivity contribution in [3.63, 3.8) is 0 Å². The van der Waals surface area contributed by atoms with Crippen molar-refractivity contribution in [2.45, 2.75) is 71.3 Å². The molecule has 3 amide bonds. The van der Waals surface area contributed by atoms with Gasteiger partial charge in [0.15, 0.2) is 6.04 Å². The molecule has 0 radical (unpaired) electrons. The highest BCUT2D eigenvalue weighted by Gasteiger charge is 2.29. The summed E-state index contributed by atoms with van der Waals surface area (Å²) in [7, 11) is 0. The van der Waals surface area contributed by atoms with Crippen LogP contribution in [0, 0.1) is 5.92 Å². The van der Waals surface area contributed by atoms with E-state index < -0.39 is 54.0 Å². The lowest BCUT2D eigenvalue weighted by atomic mass is 10.0. The van der Waals surface area contributed by atoms with Gasteiger partial charge in [-0.25, -0.2) is 4.79 Å². The molecule has 0 saturated carbocycles. The van der Waals surface area contributed by atoms with Crippen molar-refractivity contribution in [2.75, 3.05) is 0 Å². The maximum atomic E-state index is 12.4. The highest BCUT2D eigenvalue weighted by atomic mass is 16.4. The molecule has 0 aromatic heterocycles. The van der Waals surface area contributed by atoms with Crippen LogP contribution in [0.4, 0.5) is 0 Å². The first-order valence-corrected chi connectivity index (χ1v) is 8.44. The molecule has 0 bridgehead atoms. The number of aliphatic hydroxyl groups is 1. The summed E-state index contributed by atoms with van der Waals surface area (Å²) < 4.78 is 0. The molecule has 150 valence electrons. The van der Waals surface area contributed by atoms with Crippen LogP contribution in [-0.4, -0.2) is 64.2 Å². The van der Waals surface area contributed by atoms with Gasteiger partial charge in [0.05, 0.1) is 12.1 Å². The molecule has 5 unspecified atom stereocenters. The second-order valence-electron chi connectivity index (χ2n) is 6.77. The van der Waals surface area contributed by atoms with E-state index in [2.05, 4.69) is 16.0 Å². The van der Waals surface area contributed by atoms with Gasteiger partial charge in [0, 0.05) is 0 Å². The van der Waals surface area contributed by atoms with Gasteiger partial charge in [0.25, 0.3) is 0 Å². The summed E-state index contributed by atoms with van der Waals surface area (Å²) in [5, 5.41) is 25.5. The Morgan fingerprint density at radius 2 is 1.42 bits per heavy atom. The van der Waals surface area contributed by atoms with Crippen LogP contribution in [0.3, 0.4) is 0 Å². The maximum Gasteiger partial charge on any atom is 0.328 e. The number of carboxylic acids is 1. The molecule has 0 heterocycles. The average Bonchev–Trinajstić information content (AvgIpc) is 2.49. The minimum atomic E-state index is -1.49. The molecule has 0 aromatic rings. The minimum absolute atomic E-state index is 0.0925. The van der Waals surface area contributed by atoms with Gasteiger partial charge in [-0.2, -0.15) is 0 Å². The lowest BCUT2D eigenvalue weighted by Gasteiger charge is -2.24. The molecule has 0 aromatic carbocycles. The summed E-state index contributed by atoms with van der Waals surface area (Å²) in [4.78, 5) is 47.2. The van der Waals surface area contributed by atoms with Gasteiger partial charge in [-0.1, -0.05) is 13.8 Å². The number of carbonyl (C=O) groups is 4.